The maximum atomic E-state index is 12.1. The van der Waals surface area contributed by atoms with Crippen molar-refractivity contribution in [1.82, 2.24) is 10.3 Å². The van der Waals surface area contributed by atoms with Crippen LogP contribution in [0.25, 0.3) is 11.1 Å². The minimum absolute atomic E-state index is 0.0816. The summed E-state index contributed by atoms with van der Waals surface area (Å²) in [6.45, 7) is 6.35. The molecule has 0 radical (unpaired) electrons. The second-order valence-corrected chi connectivity index (χ2v) is 7.82. The molecule has 8 heteroatoms. The van der Waals surface area contributed by atoms with E-state index in [-0.39, 0.29) is 17.5 Å². The predicted octanol–water partition coefficient (Wildman–Crippen LogP) is 2.49. The zero-order chi connectivity index (χ0) is 18.1. The molecule has 2 heterocycles. The Labute approximate surface area is 142 Å². The Balaban J connectivity index is 2.70. The molecule has 0 aliphatic rings. The molecule has 1 atom stereocenters. The van der Waals surface area contributed by atoms with E-state index in [2.05, 4.69) is 10.3 Å². The summed E-state index contributed by atoms with van der Waals surface area (Å²) >= 11 is 0. The molecule has 7 nitrogen and oxygen atoms in total. The van der Waals surface area contributed by atoms with E-state index in [1.807, 2.05) is 26.8 Å². The van der Waals surface area contributed by atoms with Gasteiger partial charge in [0.25, 0.3) is 5.91 Å². The van der Waals surface area contributed by atoms with Gasteiger partial charge in [-0.3, -0.25) is 9.10 Å². The average molecular weight is 353 g/mol. The van der Waals surface area contributed by atoms with Gasteiger partial charge in [-0.05, 0) is 30.9 Å². The van der Waals surface area contributed by atoms with Crippen molar-refractivity contribution in [2.45, 2.75) is 33.1 Å². The Morgan fingerprint density at radius 3 is 2.62 bits per heavy atom. The molecule has 1 amide bonds. The first-order valence-electron chi connectivity index (χ1n) is 7.84. The normalized spacial score (nSPS) is 13.0. The van der Waals surface area contributed by atoms with E-state index in [4.69, 9.17) is 4.42 Å². The highest BCUT2D eigenvalue weighted by Gasteiger charge is 2.24. The molecule has 0 aliphatic carbocycles. The van der Waals surface area contributed by atoms with Crippen molar-refractivity contribution < 1.29 is 17.6 Å². The number of anilines is 1. The quantitative estimate of drug-likeness (QED) is 0.861. The van der Waals surface area contributed by atoms with Crippen LogP contribution in [0.1, 0.15) is 49.0 Å². The molecule has 2 aromatic rings. The summed E-state index contributed by atoms with van der Waals surface area (Å²) in [5, 5.41) is 3.32. The molecule has 0 saturated carbocycles. The van der Waals surface area contributed by atoms with Gasteiger partial charge in [0.15, 0.2) is 0 Å². The van der Waals surface area contributed by atoms with Gasteiger partial charge in [-0.25, -0.2) is 8.42 Å². The number of carbonyl (C=O) groups excluding carboxylic acids is 1. The number of hydrogen-bond donors (Lipinski definition) is 1. The van der Waals surface area contributed by atoms with E-state index in [9.17, 15) is 13.2 Å². The molecule has 2 rings (SSSR count). The maximum Gasteiger partial charge on any atom is 0.255 e. The van der Waals surface area contributed by atoms with E-state index in [1.165, 1.54) is 13.3 Å². The van der Waals surface area contributed by atoms with Gasteiger partial charge in [0.05, 0.1) is 17.2 Å². The van der Waals surface area contributed by atoms with Gasteiger partial charge in [0.1, 0.15) is 12.1 Å². The predicted molar refractivity (Wildman–Crippen MR) is 94.0 cm³/mol. The van der Waals surface area contributed by atoms with Crippen LogP contribution in [0.15, 0.2) is 16.7 Å². The lowest BCUT2D eigenvalue weighted by Crippen LogP contribution is -2.27. The first-order valence-corrected chi connectivity index (χ1v) is 9.69. The van der Waals surface area contributed by atoms with Crippen LogP contribution in [-0.4, -0.2) is 39.2 Å². The molecule has 1 unspecified atom stereocenters. The number of hydrogen-bond acceptors (Lipinski definition) is 5. The molecule has 2 aromatic heterocycles. The van der Waals surface area contributed by atoms with Gasteiger partial charge in [-0.15, -0.1) is 0 Å². The van der Waals surface area contributed by atoms with Gasteiger partial charge in [0.2, 0.25) is 15.7 Å². The second kappa shape index (κ2) is 6.80. The Hall–Kier alpha value is -2.09. The Morgan fingerprint density at radius 1 is 1.42 bits per heavy atom. The zero-order valence-corrected chi connectivity index (χ0v) is 15.4. The van der Waals surface area contributed by atoms with Gasteiger partial charge in [-0.1, -0.05) is 13.8 Å². The molecular weight excluding hydrogens is 330 g/mol. The summed E-state index contributed by atoms with van der Waals surface area (Å²) in [5.41, 5.74) is 1.41. The van der Waals surface area contributed by atoms with Gasteiger partial charge >= 0.3 is 0 Å². The van der Waals surface area contributed by atoms with Gasteiger partial charge in [0, 0.05) is 13.6 Å². The van der Waals surface area contributed by atoms with Crippen molar-refractivity contribution >= 4 is 32.8 Å². The highest BCUT2D eigenvalue weighted by atomic mass is 32.2. The van der Waals surface area contributed by atoms with Crippen molar-refractivity contribution in [2.75, 3.05) is 24.2 Å². The molecule has 132 valence electrons. The molecule has 0 aliphatic heterocycles. The molecule has 24 heavy (non-hydrogen) atoms. The third-order valence-electron chi connectivity index (χ3n) is 4.10. The third-order valence-corrected chi connectivity index (χ3v) is 5.26. The number of nitrogens with one attached hydrogen (secondary N) is 1. The van der Waals surface area contributed by atoms with Gasteiger partial charge in [-0.2, -0.15) is 4.98 Å². The number of aromatic nitrogens is 1. The number of carbonyl (C=O) groups is 1. The van der Waals surface area contributed by atoms with Crippen molar-refractivity contribution in [3.05, 3.63) is 23.5 Å². The third kappa shape index (κ3) is 3.38. The van der Waals surface area contributed by atoms with Crippen LogP contribution in [-0.2, 0) is 10.0 Å². The molecule has 0 saturated heterocycles. The van der Waals surface area contributed by atoms with Crippen LogP contribution < -0.4 is 9.62 Å². The van der Waals surface area contributed by atoms with E-state index in [0.717, 1.165) is 22.5 Å². The van der Waals surface area contributed by atoms with Crippen LogP contribution in [0.4, 0.5) is 5.82 Å². The molecule has 1 N–H and O–H groups in total. The van der Waals surface area contributed by atoms with E-state index in [1.54, 1.807) is 0 Å². The van der Waals surface area contributed by atoms with Crippen molar-refractivity contribution in [3.8, 4) is 0 Å². The SMILES string of the molecule is CCNC(=O)c1coc2nc(N(C)S(C)(=O)=O)c(C(C)CC)cc12. The zero-order valence-electron chi connectivity index (χ0n) is 14.6. The van der Waals surface area contributed by atoms with E-state index >= 15 is 0 Å². The molecule has 0 bridgehead atoms. The highest BCUT2D eigenvalue weighted by Crippen LogP contribution is 2.33. The number of sulfonamides is 1. The van der Waals surface area contributed by atoms with E-state index < -0.39 is 10.0 Å². The first-order chi connectivity index (χ1) is 11.2. The van der Waals surface area contributed by atoms with Gasteiger partial charge < -0.3 is 9.73 Å². The smallest absolute Gasteiger partial charge is 0.255 e. The van der Waals surface area contributed by atoms with Crippen LogP contribution in [0.2, 0.25) is 0 Å². The number of fused-ring (bicyclic) bond motifs is 1. The van der Waals surface area contributed by atoms with E-state index in [0.29, 0.717) is 23.3 Å². The fraction of sp³-hybridized carbons (Fsp3) is 0.500. The first kappa shape index (κ1) is 18.3. The molecule has 0 aromatic carbocycles. The second-order valence-electron chi connectivity index (χ2n) is 5.80. The number of nitrogens with zero attached hydrogens (tertiary/aromatic N) is 2. The summed E-state index contributed by atoms with van der Waals surface area (Å²) in [4.78, 5) is 16.5. The minimum atomic E-state index is -3.46. The summed E-state index contributed by atoms with van der Waals surface area (Å²) in [6.07, 6.45) is 3.29. The summed E-state index contributed by atoms with van der Waals surface area (Å²) in [5.74, 6) is 0.173. The number of rotatable bonds is 6. The monoisotopic (exact) mass is 353 g/mol. The van der Waals surface area contributed by atoms with Crippen molar-refractivity contribution in [1.29, 1.82) is 0 Å². The standard InChI is InChI=1S/C16H23N3O4S/c1-6-10(3)11-8-12-13(15(20)17-7-2)9-23-16(12)18-14(11)19(4)24(5,21)22/h8-10H,6-7H2,1-5H3,(H,17,20). The van der Waals surface area contributed by atoms with Crippen LogP contribution in [0.5, 0.6) is 0 Å². The minimum Gasteiger partial charge on any atom is -0.445 e. The van der Waals surface area contributed by atoms with Crippen LogP contribution >= 0.6 is 0 Å². The largest absolute Gasteiger partial charge is 0.445 e. The summed E-state index contributed by atoms with van der Waals surface area (Å²) < 4.78 is 30.4. The van der Waals surface area contributed by atoms with Crippen LogP contribution in [0, 0.1) is 0 Å². The number of amides is 1. The summed E-state index contributed by atoms with van der Waals surface area (Å²) in [7, 11) is -2.00. The topological polar surface area (TPSA) is 92.5 Å². The maximum absolute atomic E-state index is 12.1. The Morgan fingerprint density at radius 2 is 2.08 bits per heavy atom. The lowest BCUT2D eigenvalue weighted by molar-refractivity contribution is 0.0956. The lowest BCUT2D eigenvalue weighted by atomic mass is 9.97. The molecule has 0 spiro atoms. The van der Waals surface area contributed by atoms with Crippen LogP contribution in [0.3, 0.4) is 0 Å². The molecular formula is C16H23N3O4S. The fourth-order valence-corrected chi connectivity index (χ4v) is 2.85. The average Bonchev–Trinajstić information content (AvgIpc) is 2.94. The lowest BCUT2D eigenvalue weighted by Gasteiger charge is -2.21. The number of furan rings is 1. The van der Waals surface area contributed by atoms with Crippen molar-refractivity contribution in [3.63, 3.8) is 0 Å². The number of pyridine rings is 1. The van der Waals surface area contributed by atoms with Crippen molar-refractivity contribution in [2.24, 2.45) is 0 Å². The Kier molecular flexibility index (Phi) is 5.17. The summed E-state index contributed by atoms with van der Waals surface area (Å²) in [6, 6.07) is 1.81. The fourth-order valence-electron chi connectivity index (χ4n) is 2.39. The highest BCUT2D eigenvalue weighted by molar-refractivity contribution is 7.92. The Bertz CT molecular complexity index is 858. The molecule has 0 fully saturated rings.